The molecule has 0 radical (unpaired) electrons. The van der Waals surface area contributed by atoms with Crippen molar-refractivity contribution in [3.8, 4) is 11.3 Å². The topological polar surface area (TPSA) is 104 Å². The van der Waals surface area contributed by atoms with E-state index < -0.39 is 10.2 Å². The molecule has 7 nitrogen and oxygen atoms in total. The van der Waals surface area contributed by atoms with Gasteiger partial charge in [0.1, 0.15) is 7.05 Å². The van der Waals surface area contributed by atoms with Crippen LogP contribution in [0.2, 0.25) is 0 Å². The van der Waals surface area contributed by atoms with Crippen molar-refractivity contribution in [1.29, 1.82) is 0 Å². The molecule has 0 N–H and O–H groups in total. The second-order valence-corrected chi connectivity index (χ2v) is 6.48. The summed E-state index contributed by atoms with van der Waals surface area (Å²) in [6.07, 6.45) is 4.00. The van der Waals surface area contributed by atoms with Crippen molar-refractivity contribution >= 4 is 5.82 Å². The molecular formula is C16H22ClN3O4. The fourth-order valence-electron chi connectivity index (χ4n) is 2.92. The maximum Gasteiger partial charge on any atom is 0.297 e. The standard InChI is InChI=1S/C16H22N3.ClHO4/c1-17-15(14-9-5-3-6-10-14)13-16(18(17)2)19-11-7-4-8-12-19;2-1(3,4)5/h3,5-6,9-10,13H,4,7-8,11-12H2,1-2H3;(H,2,3,4,5)/q+1;/p-1. The van der Waals surface area contributed by atoms with Crippen LogP contribution in [0, 0.1) is 10.2 Å². The van der Waals surface area contributed by atoms with Crippen LogP contribution in [-0.4, -0.2) is 17.8 Å². The van der Waals surface area contributed by atoms with Crippen LogP contribution in [0.3, 0.4) is 0 Å². The maximum atomic E-state index is 8.49. The minimum absolute atomic E-state index is 1.19. The first-order valence-corrected chi connectivity index (χ1v) is 8.99. The first-order chi connectivity index (χ1) is 11.3. The van der Waals surface area contributed by atoms with Gasteiger partial charge in [-0.1, -0.05) is 30.3 Å². The molecule has 1 aliphatic rings. The van der Waals surface area contributed by atoms with Crippen molar-refractivity contribution in [2.45, 2.75) is 19.3 Å². The molecule has 0 unspecified atom stereocenters. The summed E-state index contributed by atoms with van der Waals surface area (Å²) in [7, 11) is -0.661. The molecular weight excluding hydrogens is 334 g/mol. The Morgan fingerprint density at radius 1 is 0.958 bits per heavy atom. The van der Waals surface area contributed by atoms with Gasteiger partial charge in [-0.15, -0.1) is 10.2 Å². The molecule has 8 heteroatoms. The summed E-state index contributed by atoms with van der Waals surface area (Å²) in [4.78, 5) is 2.51. The van der Waals surface area contributed by atoms with Gasteiger partial charge in [-0.2, -0.15) is 4.68 Å². The Kier molecular flexibility index (Phi) is 6.20. The number of rotatable bonds is 2. The molecule has 1 saturated heterocycles. The minimum atomic E-state index is -4.94. The van der Waals surface area contributed by atoms with Crippen LogP contribution in [0.4, 0.5) is 5.82 Å². The van der Waals surface area contributed by atoms with E-state index in [2.05, 4.69) is 64.8 Å². The highest BCUT2D eigenvalue weighted by atomic mass is 35.7. The molecule has 2 heterocycles. The second-order valence-electron chi connectivity index (χ2n) is 5.73. The first-order valence-electron chi connectivity index (χ1n) is 7.75. The third kappa shape index (κ3) is 5.19. The van der Waals surface area contributed by atoms with Gasteiger partial charge < -0.3 is 0 Å². The van der Waals surface area contributed by atoms with Gasteiger partial charge in [0, 0.05) is 12.6 Å². The van der Waals surface area contributed by atoms with Crippen LogP contribution in [0.25, 0.3) is 11.3 Å². The van der Waals surface area contributed by atoms with Crippen LogP contribution in [0.1, 0.15) is 19.3 Å². The quantitative estimate of drug-likeness (QED) is 0.566. The lowest BCUT2D eigenvalue weighted by Crippen LogP contribution is -2.68. The Balaban J connectivity index is 0.000000368. The van der Waals surface area contributed by atoms with Crippen LogP contribution >= 0.6 is 0 Å². The van der Waals surface area contributed by atoms with Crippen molar-refractivity contribution in [2.75, 3.05) is 18.0 Å². The van der Waals surface area contributed by atoms with E-state index in [1.807, 2.05) is 0 Å². The van der Waals surface area contributed by atoms with E-state index in [0.717, 1.165) is 0 Å². The summed E-state index contributed by atoms with van der Waals surface area (Å²) in [5.41, 5.74) is 2.56. The van der Waals surface area contributed by atoms with Crippen molar-refractivity contribution in [3.63, 3.8) is 0 Å². The summed E-state index contributed by atoms with van der Waals surface area (Å²) in [6, 6.07) is 12.9. The summed E-state index contributed by atoms with van der Waals surface area (Å²) >= 11 is 0. The van der Waals surface area contributed by atoms with Crippen molar-refractivity contribution in [2.24, 2.45) is 14.1 Å². The Hall–Kier alpha value is -1.64. The lowest BCUT2D eigenvalue weighted by molar-refractivity contribution is -2.00. The number of hydrogen-bond acceptors (Lipinski definition) is 5. The predicted molar refractivity (Wildman–Crippen MR) is 78.1 cm³/mol. The zero-order valence-corrected chi connectivity index (χ0v) is 14.6. The molecule has 0 aliphatic carbocycles. The lowest BCUT2D eigenvalue weighted by Gasteiger charge is -2.20. The molecule has 2 aromatic rings. The average Bonchev–Trinajstić information content (AvgIpc) is 2.84. The SMILES string of the molecule is Cn1c(-c2ccccc2)cc(N2CCCCC2)[n+]1C.[O-][Cl+3]([O-])([O-])[O-]. The number of halogens is 1. The Bertz CT molecular complexity index is 643. The van der Waals surface area contributed by atoms with E-state index >= 15 is 0 Å². The lowest BCUT2D eigenvalue weighted by atomic mass is 10.1. The van der Waals surface area contributed by atoms with E-state index in [-0.39, 0.29) is 0 Å². The summed E-state index contributed by atoms with van der Waals surface area (Å²) < 4.78 is 38.5. The van der Waals surface area contributed by atoms with Gasteiger partial charge in [-0.3, -0.25) is 4.90 Å². The molecule has 0 spiro atoms. The van der Waals surface area contributed by atoms with Crippen molar-refractivity contribution in [3.05, 3.63) is 36.4 Å². The molecule has 1 aromatic heterocycles. The third-order valence-corrected chi connectivity index (χ3v) is 4.15. The predicted octanol–water partition coefficient (Wildman–Crippen LogP) is -2.25. The highest BCUT2D eigenvalue weighted by Crippen LogP contribution is 2.24. The molecule has 24 heavy (non-hydrogen) atoms. The number of benzene rings is 1. The fraction of sp³-hybridized carbons (Fsp3) is 0.438. The van der Waals surface area contributed by atoms with E-state index in [4.69, 9.17) is 18.6 Å². The van der Waals surface area contributed by atoms with Crippen LogP contribution in [0.5, 0.6) is 0 Å². The molecule has 1 aliphatic heterocycles. The Morgan fingerprint density at radius 3 is 2.04 bits per heavy atom. The van der Waals surface area contributed by atoms with Crippen LogP contribution in [-0.2, 0) is 14.1 Å². The Morgan fingerprint density at radius 2 is 1.50 bits per heavy atom. The first kappa shape index (κ1) is 18.7. The maximum absolute atomic E-state index is 8.49. The molecule has 1 fully saturated rings. The van der Waals surface area contributed by atoms with E-state index in [1.54, 1.807) is 0 Å². The Labute approximate surface area is 143 Å². The zero-order chi connectivity index (χ0) is 17.7. The highest BCUT2D eigenvalue weighted by Gasteiger charge is 2.25. The fourth-order valence-corrected chi connectivity index (χ4v) is 2.92. The molecule has 0 atom stereocenters. The average molecular weight is 356 g/mol. The third-order valence-electron chi connectivity index (χ3n) is 4.15. The second kappa shape index (κ2) is 7.96. The number of hydrogen-bond donors (Lipinski definition) is 0. The van der Waals surface area contributed by atoms with Crippen LogP contribution in [0.15, 0.2) is 36.4 Å². The van der Waals surface area contributed by atoms with E-state index in [0.29, 0.717) is 0 Å². The largest absolute Gasteiger partial charge is 0.297 e. The molecule has 3 rings (SSSR count). The normalized spacial score (nSPS) is 15.0. The summed E-state index contributed by atoms with van der Waals surface area (Å²) in [5, 5.41) is 0. The van der Waals surface area contributed by atoms with E-state index in [1.165, 1.54) is 49.4 Å². The van der Waals surface area contributed by atoms with Gasteiger partial charge in [-0.05, 0) is 19.3 Å². The summed E-state index contributed by atoms with van der Waals surface area (Å²) in [5.74, 6) is 1.33. The van der Waals surface area contributed by atoms with Crippen molar-refractivity contribution in [1.82, 2.24) is 4.68 Å². The van der Waals surface area contributed by atoms with Crippen molar-refractivity contribution < 1.29 is 33.6 Å². The minimum Gasteiger partial charge on any atom is -0.260 e. The number of piperidine rings is 1. The number of aromatic nitrogens is 2. The monoisotopic (exact) mass is 355 g/mol. The van der Waals surface area contributed by atoms with Gasteiger partial charge in [0.2, 0.25) is 0 Å². The smallest absolute Gasteiger partial charge is 0.260 e. The van der Waals surface area contributed by atoms with Gasteiger partial charge in [0.15, 0.2) is 0 Å². The summed E-state index contributed by atoms with van der Waals surface area (Å²) in [6.45, 7) is 2.37. The van der Waals surface area contributed by atoms with Gasteiger partial charge in [0.25, 0.3) is 5.82 Å². The molecule has 132 valence electrons. The molecule has 0 saturated carbocycles. The molecule has 0 amide bonds. The van der Waals surface area contributed by atoms with E-state index in [9.17, 15) is 0 Å². The van der Waals surface area contributed by atoms with Gasteiger partial charge in [-0.25, -0.2) is 23.3 Å². The van der Waals surface area contributed by atoms with Gasteiger partial charge in [0.05, 0.1) is 24.8 Å². The molecule has 1 aromatic carbocycles. The molecule has 0 bridgehead atoms. The highest BCUT2D eigenvalue weighted by molar-refractivity contribution is 5.62. The van der Waals surface area contributed by atoms with Gasteiger partial charge >= 0.3 is 0 Å². The number of nitrogens with zero attached hydrogens (tertiary/aromatic N) is 3. The number of anilines is 1. The zero-order valence-electron chi connectivity index (χ0n) is 13.9. The van der Waals surface area contributed by atoms with Crippen LogP contribution < -0.4 is 28.2 Å².